The van der Waals surface area contributed by atoms with E-state index in [4.69, 9.17) is 47.6 Å². The summed E-state index contributed by atoms with van der Waals surface area (Å²) in [6.45, 7) is 0. The number of halogens is 2. The first-order valence-corrected chi connectivity index (χ1v) is 13.0. The maximum absolute atomic E-state index is 13.2. The van der Waals surface area contributed by atoms with Crippen LogP contribution in [-0.4, -0.2) is 19.1 Å². The van der Waals surface area contributed by atoms with Crippen molar-refractivity contribution in [2.24, 2.45) is 0 Å². The van der Waals surface area contributed by atoms with Crippen LogP contribution in [-0.2, 0) is 0 Å². The van der Waals surface area contributed by atoms with Gasteiger partial charge in [0.1, 0.15) is 0 Å². The molecule has 6 rings (SSSR count). The molecule has 38 heavy (non-hydrogen) atoms. The van der Waals surface area contributed by atoms with Gasteiger partial charge in [0.05, 0.1) is 33.2 Å². The summed E-state index contributed by atoms with van der Waals surface area (Å²) < 4.78 is 3.48. The van der Waals surface area contributed by atoms with Crippen molar-refractivity contribution in [1.82, 2.24) is 19.1 Å². The second-order valence-corrected chi connectivity index (χ2v) is 10.3. The molecule has 0 aliphatic rings. The molecule has 10 heteroatoms. The summed E-state index contributed by atoms with van der Waals surface area (Å²) in [6.07, 6.45) is 0. The monoisotopic (exact) mass is 574 g/mol. The molecule has 0 amide bonds. The number of H-pyrrole nitrogens is 2. The van der Waals surface area contributed by atoms with E-state index in [1.54, 1.807) is 36.4 Å². The molecule has 2 heterocycles. The smallest absolute Gasteiger partial charge is 0.266 e. The lowest BCUT2D eigenvalue weighted by atomic mass is 10.0. The van der Waals surface area contributed by atoms with Gasteiger partial charge in [0.2, 0.25) is 0 Å². The van der Waals surface area contributed by atoms with Gasteiger partial charge in [0.25, 0.3) is 11.1 Å². The molecule has 6 nitrogen and oxygen atoms in total. The number of rotatable bonds is 3. The highest BCUT2D eigenvalue weighted by Crippen LogP contribution is 2.24. The molecule has 0 radical (unpaired) electrons. The van der Waals surface area contributed by atoms with E-state index >= 15 is 0 Å². The van der Waals surface area contributed by atoms with E-state index in [0.717, 1.165) is 11.1 Å². The average Bonchev–Trinajstić information content (AvgIpc) is 2.91. The summed E-state index contributed by atoms with van der Waals surface area (Å²) in [7, 11) is 0. The van der Waals surface area contributed by atoms with Gasteiger partial charge in [-0.25, -0.2) is 0 Å². The zero-order chi connectivity index (χ0) is 26.6. The van der Waals surface area contributed by atoms with E-state index in [0.29, 0.717) is 52.8 Å². The van der Waals surface area contributed by atoms with Crippen LogP contribution in [0.3, 0.4) is 0 Å². The Labute approximate surface area is 235 Å². The van der Waals surface area contributed by atoms with E-state index < -0.39 is 0 Å². The van der Waals surface area contributed by atoms with Crippen LogP contribution in [0.5, 0.6) is 0 Å². The standard InChI is InChI=1S/C28H16Cl2N4O2S2/c29-17-5-11-23-21(13-17)25(35)33(27(37)31-23)19-7-1-15(2-8-19)16-3-9-20(10-4-16)34-26(36)22-14-18(30)6-12-24(22)32-28(34)38/h1-14H,(H,31,37)(H,32,38). The van der Waals surface area contributed by atoms with Crippen LogP contribution in [0, 0.1) is 9.54 Å². The van der Waals surface area contributed by atoms with Crippen LogP contribution in [0.1, 0.15) is 0 Å². The van der Waals surface area contributed by atoms with Crippen molar-refractivity contribution in [3.8, 4) is 22.5 Å². The molecule has 0 atom stereocenters. The number of hydrogen-bond donors (Lipinski definition) is 2. The molecule has 186 valence electrons. The van der Waals surface area contributed by atoms with Crippen molar-refractivity contribution >= 4 is 69.4 Å². The molecule has 0 fully saturated rings. The minimum atomic E-state index is -0.248. The maximum atomic E-state index is 13.2. The summed E-state index contributed by atoms with van der Waals surface area (Å²) in [5, 5.41) is 1.85. The molecule has 0 saturated heterocycles. The van der Waals surface area contributed by atoms with Gasteiger partial charge in [-0.05, 0) is 96.2 Å². The van der Waals surface area contributed by atoms with Gasteiger partial charge < -0.3 is 9.97 Å². The Balaban J connectivity index is 1.37. The lowest BCUT2D eigenvalue weighted by Gasteiger charge is -2.11. The third kappa shape index (κ3) is 4.21. The van der Waals surface area contributed by atoms with E-state index in [1.165, 1.54) is 9.13 Å². The SMILES string of the molecule is O=c1c2cc(Cl)ccc2[nH]c(=S)n1-c1ccc(-c2ccc(-n3c(=S)[nH]c4ccc(Cl)cc4c3=O)cc2)cc1. The van der Waals surface area contributed by atoms with Gasteiger partial charge in [0, 0.05) is 10.0 Å². The Morgan fingerprint density at radius 1 is 0.553 bits per heavy atom. The van der Waals surface area contributed by atoms with Crippen molar-refractivity contribution in [2.75, 3.05) is 0 Å². The van der Waals surface area contributed by atoms with Gasteiger partial charge in [-0.2, -0.15) is 0 Å². The fourth-order valence-corrected chi connectivity index (χ4v) is 5.39. The highest BCUT2D eigenvalue weighted by molar-refractivity contribution is 7.71. The van der Waals surface area contributed by atoms with Crippen LogP contribution < -0.4 is 11.1 Å². The van der Waals surface area contributed by atoms with Gasteiger partial charge in [-0.15, -0.1) is 0 Å². The summed E-state index contributed by atoms with van der Waals surface area (Å²) in [5.41, 5.74) is 3.88. The van der Waals surface area contributed by atoms with Crippen LogP contribution in [0.4, 0.5) is 0 Å². The normalized spacial score (nSPS) is 11.3. The molecule has 2 N–H and O–H groups in total. The van der Waals surface area contributed by atoms with Crippen LogP contribution in [0.2, 0.25) is 10.0 Å². The van der Waals surface area contributed by atoms with Crippen molar-refractivity contribution in [1.29, 1.82) is 0 Å². The molecule has 0 bridgehead atoms. The Hall–Kier alpha value is -3.82. The first kappa shape index (κ1) is 24.5. The van der Waals surface area contributed by atoms with Gasteiger partial charge in [-0.3, -0.25) is 18.7 Å². The summed E-state index contributed by atoms with van der Waals surface area (Å²) in [4.78, 5) is 32.5. The Morgan fingerprint density at radius 2 is 0.921 bits per heavy atom. The van der Waals surface area contributed by atoms with E-state index in [-0.39, 0.29) is 11.1 Å². The number of hydrogen-bond acceptors (Lipinski definition) is 4. The average molecular weight is 576 g/mol. The van der Waals surface area contributed by atoms with Gasteiger partial charge in [0.15, 0.2) is 9.54 Å². The molecule has 0 aliphatic carbocycles. The summed E-state index contributed by atoms with van der Waals surface area (Å²) in [6, 6.07) is 25.1. The zero-order valence-corrected chi connectivity index (χ0v) is 22.5. The first-order chi connectivity index (χ1) is 18.3. The lowest BCUT2D eigenvalue weighted by Crippen LogP contribution is -2.20. The molecule has 0 spiro atoms. The second-order valence-electron chi connectivity index (χ2n) is 8.61. The number of aromatic nitrogens is 4. The Bertz CT molecular complexity index is 1970. The lowest BCUT2D eigenvalue weighted by molar-refractivity contribution is 0.939. The van der Waals surface area contributed by atoms with Gasteiger partial charge in [-0.1, -0.05) is 47.5 Å². The molecule has 2 aromatic heterocycles. The van der Waals surface area contributed by atoms with Crippen LogP contribution in [0.25, 0.3) is 44.3 Å². The molecular formula is C28H16Cl2N4O2S2. The van der Waals surface area contributed by atoms with Crippen LogP contribution in [0.15, 0.2) is 94.5 Å². The van der Waals surface area contributed by atoms with E-state index in [1.807, 2.05) is 48.5 Å². The van der Waals surface area contributed by atoms with Crippen molar-refractivity contribution in [3.05, 3.63) is 125 Å². The maximum Gasteiger partial charge on any atom is 0.266 e. The number of fused-ring (bicyclic) bond motifs is 2. The fraction of sp³-hybridized carbons (Fsp3) is 0. The first-order valence-electron chi connectivity index (χ1n) is 11.4. The van der Waals surface area contributed by atoms with E-state index in [2.05, 4.69) is 9.97 Å². The predicted molar refractivity (Wildman–Crippen MR) is 158 cm³/mol. The number of nitrogens with one attached hydrogen (secondary N) is 2. The van der Waals surface area contributed by atoms with E-state index in [9.17, 15) is 9.59 Å². The number of aromatic amines is 2. The van der Waals surface area contributed by atoms with Crippen LogP contribution >= 0.6 is 47.6 Å². The van der Waals surface area contributed by atoms with Crippen molar-refractivity contribution in [3.63, 3.8) is 0 Å². The predicted octanol–water partition coefficient (Wildman–Crippen LogP) is 7.38. The third-order valence-electron chi connectivity index (χ3n) is 6.30. The molecule has 0 aliphatic heterocycles. The topological polar surface area (TPSA) is 75.6 Å². The zero-order valence-electron chi connectivity index (χ0n) is 19.4. The number of nitrogens with zero attached hydrogens (tertiary/aromatic N) is 2. The largest absolute Gasteiger partial charge is 0.331 e. The van der Waals surface area contributed by atoms with Crippen molar-refractivity contribution in [2.45, 2.75) is 0 Å². The Kier molecular flexibility index (Phi) is 6.12. The second kappa shape index (κ2) is 9.49. The molecule has 0 unspecified atom stereocenters. The quantitative estimate of drug-likeness (QED) is 0.216. The Morgan fingerprint density at radius 3 is 1.29 bits per heavy atom. The third-order valence-corrected chi connectivity index (χ3v) is 7.34. The van der Waals surface area contributed by atoms with Crippen molar-refractivity contribution < 1.29 is 0 Å². The number of benzene rings is 4. The molecule has 4 aromatic carbocycles. The highest BCUT2D eigenvalue weighted by atomic mass is 35.5. The molecule has 6 aromatic rings. The molecule has 0 saturated carbocycles. The fourth-order valence-electron chi connectivity index (χ4n) is 4.45. The van der Waals surface area contributed by atoms with Gasteiger partial charge >= 0.3 is 0 Å². The minimum absolute atomic E-state index is 0.248. The summed E-state index contributed by atoms with van der Waals surface area (Å²) >= 11 is 23.1. The minimum Gasteiger partial charge on any atom is -0.331 e. The highest BCUT2D eigenvalue weighted by Gasteiger charge is 2.11. The summed E-state index contributed by atoms with van der Waals surface area (Å²) in [5.74, 6) is 0. The molecular weight excluding hydrogens is 559 g/mol.